The van der Waals surface area contributed by atoms with E-state index in [0.717, 1.165) is 80.9 Å². The smallest absolute Gasteiger partial charge is 0.293 e. The molecule has 5 amide bonds. The lowest BCUT2D eigenvalue weighted by Crippen LogP contribution is -2.56. The van der Waals surface area contributed by atoms with E-state index in [9.17, 15) is 28.8 Å². The van der Waals surface area contributed by atoms with Crippen LogP contribution in [0.5, 0.6) is 5.75 Å². The van der Waals surface area contributed by atoms with E-state index in [4.69, 9.17) is 31.8 Å². The van der Waals surface area contributed by atoms with Gasteiger partial charge in [0.05, 0.1) is 35.0 Å². The summed E-state index contributed by atoms with van der Waals surface area (Å²) >= 11 is 6.57. The van der Waals surface area contributed by atoms with E-state index in [1.807, 2.05) is 38.1 Å². The SMILES string of the molecule is CC(C)n1c(=O)c(OCC(N)=O)cc2cc(Nc3nc(N4CCC(OC5CC(N6CCN(c7ccc8c(c7)C(=O)N(C7CCC(=O)NC7=O)C8=O)CC6)C5)CC4)ncc3Cl)ccc21. The minimum Gasteiger partial charge on any atom is -0.478 e. The number of piperazine rings is 1. The van der Waals surface area contributed by atoms with Gasteiger partial charge in [0, 0.05) is 74.5 Å². The zero-order valence-corrected chi connectivity index (χ0v) is 35.8. The van der Waals surface area contributed by atoms with Crippen molar-refractivity contribution in [3.63, 3.8) is 0 Å². The number of carbonyl (C=O) groups excluding carboxylic acids is 5. The average molecular weight is 881 g/mol. The number of hydrogen-bond donors (Lipinski definition) is 3. The number of benzene rings is 2. The summed E-state index contributed by atoms with van der Waals surface area (Å²) in [5.74, 6) is -1.64. The molecule has 18 nitrogen and oxygen atoms in total. The molecule has 2 aromatic heterocycles. The van der Waals surface area contributed by atoms with Crippen molar-refractivity contribution in [2.75, 3.05) is 61.0 Å². The summed E-state index contributed by atoms with van der Waals surface area (Å²) in [6, 6.07) is 11.8. The maximum Gasteiger partial charge on any atom is 0.293 e. The molecular formula is C44H49ClN10O8. The maximum atomic E-state index is 13.4. The Morgan fingerprint density at radius 2 is 1.65 bits per heavy atom. The van der Waals surface area contributed by atoms with Crippen molar-refractivity contribution in [2.45, 2.75) is 82.7 Å². The summed E-state index contributed by atoms with van der Waals surface area (Å²) in [6.45, 7) is 8.16. The number of anilines is 4. The largest absolute Gasteiger partial charge is 0.478 e. The Kier molecular flexibility index (Phi) is 11.5. The number of hydrogen-bond acceptors (Lipinski definition) is 14. The zero-order valence-electron chi connectivity index (χ0n) is 35.0. The summed E-state index contributed by atoms with van der Waals surface area (Å²) in [6.07, 6.45) is 5.80. The third kappa shape index (κ3) is 8.41. The molecule has 4 aromatic rings. The van der Waals surface area contributed by atoms with Crippen LogP contribution >= 0.6 is 11.6 Å². The van der Waals surface area contributed by atoms with Gasteiger partial charge in [0.2, 0.25) is 17.8 Å². The molecule has 6 heterocycles. The van der Waals surface area contributed by atoms with E-state index in [1.54, 1.807) is 29.0 Å². The van der Waals surface area contributed by atoms with Gasteiger partial charge in [-0.2, -0.15) is 4.98 Å². The number of nitrogens with two attached hydrogens (primary N) is 1. The van der Waals surface area contributed by atoms with Crippen molar-refractivity contribution in [3.8, 4) is 5.75 Å². The number of carbonyl (C=O) groups is 5. The first-order valence-corrected chi connectivity index (χ1v) is 21.8. The summed E-state index contributed by atoms with van der Waals surface area (Å²) in [5, 5.41) is 6.62. The standard InChI is InChI=1S/C44H49ClN10O8/c1-24(2)54-34-6-3-26(17-25(34)18-36(43(54)61)62-23-37(46)56)48-39-33(45)22-47-44(50-39)53-11-9-29(10-12-53)63-30-19-28(20-30)52-15-13-51(14-16-52)27-4-5-31-32(21-27)42(60)55(41(31)59)35-7-8-38(57)49-40(35)58/h3-6,17-18,21-22,24,28-30,35H,7-16,19-20,23H2,1-2H3,(H2,46,56)(H,47,48,50)(H,49,57,58). The number of nitrogens with zero attached hydrogens (tertiary/aromatic N) is 7. The van der Waals surface area contributed by atoms with Gasteiger partial charge in [0.25, 0.3) is 23.3 Å². The van der Waals surface area contributed by atoms with Gasteiger partial charge >= 0.3 is 0 Å². The van der Waals surface area contributed by atoms with Crippen molar-refractivity contribution in [1.82, 2.24) is 29.7 Å². The molecule has 4 aliphatic heterocycles. The molecule has 1 unspecified atom stereocenters. The van der Waals surface area contributed by atoms with E-state index in [0.29, 0.717) is 39.6 Å². The number of piperidine rings is 2. The highest BCUT2D eigenvalue weighted by atomic mass is 35.5. The molecule has 63 heavy (non-hydrogen) atoms. The van der Waals surface area contributed by atoms with Gasteiger partial charge < -0.3 is 34.9 Å². The summed E-state index contributed by atoms with van der Waals surface area (Å²) in [5.41, 5.74) is 7.76. The van der Waals surface area contributed by atoms with Crippen LogP contribution in [0.2, 0.25) is 5.02 Å². The molecule has 1 saturated carbocycles. The molecule has 0 radical (unpaired) electrons. The number of ether oxygens (including phenoxy) is 2. The number of nitrogens with one attached hydrogen (secondary N) is 2. The van der Waals surface area contributed by atoms with Gasteiger partial charge in [0.15, 0.2) is 18.2 Å². The van der Waals surface area contributed by atoms with Crippen molar-refractivity contribution in [3.05, 3.63) is 75.2 Å². The Bertz CT molecular complexity index is 2560. The first-order chi connectivity index (χ1) is 30.3. The Hall–Kier alpha value is -6.11. The number of pyridine rings is 1. The topological polar surface area (TPSA) is 215 Å². The van der Waals surface area contributed by atoms with Crippen LogP contribution in [0.3, 0.4) is 0 Å². The van der Waals surface area contributed by atoms with E-state index < -0.39 is 42.2 Å². The molecule has 4 N–H and O–H groups in total. The second-order valence-electron chi connectivity index (χ2n) is 17.1. The molecule has 4 fully saturated rings. The molecule has 3 saturated heterocycles. The lowest BCUT2D eigenvalue weighted by molar-refractivity contribution is -0.136. The Morgan fingerprint density at radius 1 is 0.905 bits per heavy atom. The lowest BCUT2D eigenvalue weighted by Gasteiger charge is -2.47. The Morgan fingerprint density at radius 3 is 2.37 bits per heavy atom. The van der Waals surface area contributed by atoms with Crippen LogP contribution in [-0.4, -0.2) is 124 Å². The highest BCUT2D eigenvalue weighted by Crippen LogP contribution is 2.35. The third-order valence-corrected chi connectivity index (χ3v) is 13.0. The maximum absolute atomic E-state index is 13.4. The zero-order chi connectivity index (χ0) is 44.1. The first kappa shape index (κ1) is 42.2. The number of halogens is 1. The third-order valence-electron chi connectivity index (χ3n) is 12.7. The number of imide groups is 2. The van der Waals surface area contributed by atoms with Gasteiger partial charge in [-0.05, 0) is 88.4 Å². The molecule has 1 atom stereocenters. The summed E-state index contributed by atoms with van der Waals surface area (Å²) in [4.78, 5) is 92.3. The minimum absolute atomic E-state index is 0.0351. The van der Waals surface area contributed by atoms with Crippen LogP contribution in [0, 0.1) is 0 Å². The Balaban J connectivity index is 0.744. The predicted octanol–water partition coefficient (Wildman–Crippen LogP) is 3.37. The van der Waals surface area contributed by atoms with Crippen molar-refractivity contribution >= 4 is 75.2 Å². The van der Waals surface area contributed by atoms with Crippen molar-refractivity contribution < 1.29 is 33.4 Å². The van der Waals surface area contributed by atoms with Gasteiger partial charge in [0.1, 0.15) is 11.1 Å². The fraction of sp³-hybridized carbons (Fsp3) is 0.455. The molecule has 0 spiro atoms. The quantitative estimate of drug-likeness (QED) is 0.174. The number of amides is 5. The van der Waals surface area contributed by atoms with Crippen molar-refractivity contribution in [2.24, 2.45) is 5.73 Å². The van der Waals surface area contributed by atoms with Gasteiger partial charge in [-0.1, -0.05) is 11.6 Å². The second kappa shape index (κ2) is 17.2. The van der Waals surface area contributed by atoms with Gasteiger partial charge in [-0.15, -0.1) is 0 Å². The number of primary amides is 1. The fourth-order valence-electron chi connectivity index (χ4n) is 9.31. The number of rotatable bonds is 12. The molecule has 0 bridgehead atoms. The molecule has 2 aromatic carbocycles. The lowest BCUT2D eigenvalue weighted by atomic mass is 9.87. The molecular weight excluding hydrogens is 832 g/mol. The minimum atomic E-state index is -0.984. The van der Waals surface area contributed by atoms with Crippen LogP contribution in [0.15, 0.2) is 53.5 Å². The second-order valence-corrected chi connectivity index (χ2v) is 17.5. The van der Waals surface area contributed by atoms with Crippen molar-refractivity contribution in [1.29, 1.82) is 0 Å². The Labute approximate surface area is 367 Å². The van der Waals surface area contributed by atoms with Crippen LogP contribution in [0.4, 0.5) is 23.1 Å². The predicted molar refractivity (Wildman–Crippen MR) is 234 cm³/mol. The molecule has 1 aliphatic carbocycles. The number of aromatic nitrogens is 3. The van der Waals surface area contributed by atoms with Crippen LogP contribution in [-0.2, 0) is 19.1 Å². The van der Waals surface area contributed by atoms with Crippen LogP contribution in [0.25, 0.3) is 10.9 Å². The van der Waals surface area contributed by atoms with E-state index >= 15 is 0 Å². The normalized spacial score (nSPS) is 22.1. The van der Waals surface area contributed by atoms with Gasteiger partial charge in [-0.25, -0.2) is 4.98 Å². The number of fused-ring (bicyclic) bond motifs is 2. The first-order valence-electron chi connectivity index (χ1n) is 21.5. The summed E-state index contributed by atoms with van der Waals surface area (Å²) < 4.78 is 13.6. The molecule has 19 heteroatoms. The van der Waals surface area contributed by atoms with Crippen LogP contribution in [0.1, 0.15) is 79.1 Å². The van der Waals surface area contributed by atoms with E-state index in [1.165, 1.54) is 0 Å². The highest BCUT2D eigenvalue weighted by Gasteiger charge is 2.45. The van der Waals surface area contributed by atoms with E-state index in [-0.39, 0.29) is 48.0 Å². The fourth-order valence-corrected chi connectivity index (χ4v) is 9.45. The monoisotopic (exact) mass is 880 g/mol. The van der Waals surface area contributed by atoms with Crippen LogP contribution < -0.4 is 36.5 Å². The average Bonchev–Trinajstić information content (AvgIpc) is 3.50. The molecule has 9 rings (SSSR count). The van der Waals surface area contributed by atoms with E-state index in [2.05, 4.69) is 30.3 Å². The molecule has 5 aliphatic rings. The molecule has 330 valence electrons. The highest BCUT2D eigenvalue weighted by molar-refractivity contribution is 6.33. The summed E-state index contributed by atoms with van der Waals surface area (Å²) in [7, 11) is 0. The van der Waals surface area contributed by atoms with Gasteiger partial charge in [-0.3, -0.25) is 43.9 Å².